The van der Waals surface area contributed by atoms with Crippen LogP contribution in [0.25, 0.3) is 11.1 Å². The van der Waals surface area contributed by atoms with Gasteiger partial charge in [0.2, 0.25) is 34.8 Å². The Hall–Kier alpha value is -4.73. The third-order valence-corrected chi connectivity index (χ3v) is 6.59. The van der Waals surface area contributed by atoms with Crippen molar-refractivity contribution in [3.05, 3.63) is 125 Å². The summed E-state index contributed by atoms with van der Waals surface area (Å²) in [6, 6.07) is 22.4. The van der Waals surface area contributed by atoms with Crippen molar-refractivity contribution in [3.63, 3.8) is 0 Å². The molecule has 0 unspecified atom stereocenters. The van der Waals surface area contributed by atoms with E-state index >= 15 is 0 Å². The monoisotopic (exact) mass is 553 g/mol. The highest BCUT2D eigenvalue weighted by Crippen LogP contribution is 2.44. The lowest BCUT2D eigenvalue weighted by atomic mass is 9.98. The number of hydrogen-bond donors (Lipinski definition) is 1. The van der Waals surface area contributed by atoms with Crippen LogP contribution in [0.4, 0.5) is 26.7 Å². The van der Waals surface area contributed by atoms with Crippen LogP contribution in [0.2, 0.25) is 0 Å². The number of benzene rings is 4. The first-order chi connectivity index (χ1) is 19.3. The Balaban J connectivity index is 1.30. The average Bonchev–Trinajstić information content (AvgIpc) is 3.30. The lowest BCUT2D eigenvalue weighted by molar-refractivity contribution is -0.135. The number of hydrogen-bond acceptors (Lipinski definition) is 4. The summed E-state index contributed by atoms with van der Waals surface area (Å²) >= 11 is 0. The van der Waals surface area contributed by atoms with E-state index in [4.69, 9.17) is 4.74 Å². The fraction of sp³-hybridized carbons (Fsp3) is 0.133. The predicted molar refractivity (Wildman–Crippen MR) is 134 cm³/mol. The number of alkyl carbamates (subject to hydrolysis) is 1. The fourth-order valence-corrected chi connectivity index (χ4v) is 4.72. The zero-order valence-electron chi connectivity index (χ0n) is 20.6. The van der Waals surface area contributed by atoms with E-state index in [1.807, 2.05) is 48.5 Å². The minimum absolute atomic E-state index is 0.0175. The Morgan fingerprint density at radius 3 is 1.77 bits per heavy atom. The molecule has 0 heterocycles. The number of fused-ring (bicyclic) bond motifs is 3. The molecule has 5 rings (SSSR count). The van der Waals surface area contributed by atoms with Gasteiger partial charge in [0.1, 0.15) is 6.61 Å². The molecule has 4 aromatic carbocycles. The Kier molecular flexibility index (Phi) is 7.50. The van der Waals surface area contributed by atoms with Gasteiger partial charge in [0, 0.05) is 5.92 Å². The van der Waals surface area contributed by atoms with Crippen molar-refractivity contribution in [3.8, 4) is 16.9 Å². The molecular formula is C30H20F5NO4. The van der Waals surface area contributed by atoms with Gasteiger partial charge in [0.05, 0.1) is 12.5 Å². The van der Waals surface area contributed by atoms with Crippen LogP contribution in [0.3, 0.4) is 0 Å². The predicted octanol–water partition coefficient (Wildman–Crippen LogP) is 6.96. The molecule has 1 aliphatic rings. The van der Waals surface area contributed by atoms with E-state index in [2.05, 4.69) is 10.1 Å². The SMILES string of the molecule is O=C(C[C@@H](NC(=O)OCC1c2ccccc2-c2ccccc21)c1ccccc1)Oc1c(F)c(F)c(F)c(F)c1F. The maximum Gasteiger partial charge on any atom is 0.407 e. The van der Waals surface area contributed by atoms with E-state index in [-0.39, 0.29) is 12.5 Å². The molecule has 0 saturated carbocycles. The summed E-state index contributed by atoms with van der Waals surface area (Å²) in [6.07, 6.45) is -1.59. The first-order valence-electron chi connectivity index (χ1n) is 12.1. The summed E-state index contributed by atoms with van der Waals surface area (Å²) in [5.74, 6) is -14.8. The quantitative estimate of drug-likeness (QED) is 0.0884. The molecule has 0 aromatic heterocycles. The molecule has 5 nitrogen and oxygen atoms in total. The largest absolute Gasteiger partial charge is 0.449 e. The van der Waals surface area contributed by atoms with Crippen molar-refractivity contribution >= 4 is 12.1 Å². The lowest BCUT2D eigenvalue weighted by Crippen LogP contribution is -2.32. The molecule has 1 aliphatic carbocycles. The second-order valence-electron chi connectivity index (χ2n) is 9.01. The van der Waals surface area contributed by atoms with Crippen LogP contribution in [-0.2, 0) is 9.53 Å². The van der Waals surface area contributed by atoms with Crippen LogP contribution < -0.4 is 10.1 Å². The van der Waals surface area contributed by atoms with Gasteiger partial charge >= 0.3 is 12.1 Å². The third-order valence-electron chi connectivity index (χ3n) is 6.59. The first-order valence-corrected chi connectivity index (χ1v) is 12.1. The molecule has 0 radical (unpaired) electrons. The summed E-state index contributed by atoms with van der Waals surface area (Å²) in [7, 11) is 0. The molecule has 4 aromatic rings. The molecule has 1 amide bonds. The third kappa shape index (κ3) is 5.12. The highest BCUT2D eigenvalue weighted by molar-refractivity contribution is 5.79. The molecule has 10 heteroatoms. The van der Waals surface area contributed by atoms with Gasteiger partial charge in [-0.05, 0) is 27.8 Å². The van der Waals surface area contributed by atoms with Gasteiger partial charge in [-0.25, -0.2) is 18.0 Å². The van der Waals surface area contributed by atoms with Gasteiger partial charge in [0.15, 0.2) is 0 Å². The van der Waals surface area contributed by atoms with Crippen LogP contribution >= 0.6 is 0 Å². The Labute approximate surface area is 225 Å². The average molecular weight is 553 g/mol. The summed E-state index contributed by atoms with van der Waals surface area (Å²) < 4.78 is 78.4. The van der Waals surface area contributed by atoms with E-state index in [0.29, 0.717) is 5.56 Å². The molecule has 0 spiro atoms. The first kappa shape index (κ1) is 26.9. The number of ether oxygens (including phenoxy) is 2. The molecular weight excluding hydrogens is 533 g/mol. The zero-order chi connectivity index (χ0) is 28.4. The molecule has 0 bridgehead atoms. The van der Waals surface area contributed by atoms with Gasteiger partial charge in [-0.15, -0.1) is 0 Å². The van der Waals surface area contributed by atoms with Gasteiger partial charge < -0.3 is 14.8 Å². The molecule has 40 heavy (non-hydrogen) atoms. The number of halogens is 5. The van der Waals surface area contributed by atoms with E-state index in [0.717, 1.165) is 22.3 Å². The summed E-state index contributed by atoms with van der Waals surface area (Å²) in [4.78, 5) is 25.4. The molecule has 204 valence electrons. The van der Waals surface area contributed by atoms with E-state index in [9.17, 15) is 31.5 Å². The molecule has 0 fully saturated rings. The van der Waals surface area contributed by atoms with Crippen LogP contribution in [0.5, 0.6) is 5.75 Å². The van der Waals surface area contributed by atoms with Crippen molar-refractivity contribution in [1.29, 1.82) is 0 Å². The standard InChI is InChI=1S/C30H20F5NO4/c31-24-25(32)27(34)29(28(35)26(24)33)40-23(37)14-22(16-8-2-1-3-9-16)36-30(38)39-15-21-19-12-6-4-10-17(19)18-11-5-7-13-20(18)21/h1-13,21-22H,14-15H2,(H,36,38)/t22-/m1/s1. The van der Waals surface area contributed by atoms with Crippen molar-refractivity contribution in [2.24, 2.45) is 0 Å². The number of rotatable bonds is 7. The minimum Gasteiger partial charge on any atom is -0.449 e. The van der Waals surface area contributed by atoms with Gasteiger partial charge in [0.25, 0.3) is 0 Å². The van der Waals surface area contributed by atoms with Gasteiger partial charge in [-0.1, -0.05) is 78.9 Å². The lowest BCUT2D eigenvalue weighted by Gasteiger charge is -2.20. The smallest absolute Gasteiger partial charge is 0.407 e. The number of carbonyl (C=O) groups excluding carboxylic acids is 2. The van der Waals surface area contributed by atoms with Crippen LogP contribution in [0.15, 0.2) is 78.9 Å². The fourth-order valence-electron chi connectivity index (χ4n) is 4.72. The Morgan fingerprint density at radius 1 is 0.700 bits per heavy atom. The number of nitrogens with one attached hydrogen (secondary N) is 1. The number of carbonyl (C=O) groups is 2. The van der Waals surface area contributed by atoms with Crippen LogP contribution in [0.1, 0.15) is 35.1 Å². The molecule has 0 aliphatic heterocycles. The van der Waals surface area contributed by atoms with E-state index in [1.165, 1.54) is 0 Å². The Morgan fingerprint density at radius 2 is 1.20 bits per heavy atom. The summed E-state index contributed by atoms with van der Waals surface area (Å²) in [6.45, 7) is -0.0175. The second kappa shape index (κ2) is 11.2. The van der Waals surface area contributed by atoms with Crippen molar-refractivity contribution in [2.75, 3.05) is 6.61 Å². The van der Waals surface area contributed by atoms with Crippen molar-refractivity contribution in [1.82, 2.24) is 5.32 Å². The summed E-state index contributed by atoms with van der Waals surface area (Å²) in [5, 5.41) is 2.53. The summed E-state index contributed by atoms with van der Waals surface area (Å²) in [5.41, 5.74) is 4.45. The number of esters is 1. The van der Waals surface area contributed by atoms with Crippen molar-refractivity contribution in [2.45, 2.75) is 18.4 Å². The Bertz CT molecular complexity index is 1520. The minimum atomic E-state index is -2.38. The van der Waals surface area contributed by atoms with Gasteiger partial charge in [-0.3, -0.25) is 4.79 Å². The maximum absolute atomic E-state index is 14.0. The van der Waals surface area contributed by atoms with E-state index < -0.39 is 59.4 Å². The highest BCUT2D eigenvalue weighted by atomic mass is 19.2. The molecule has 1 N–H and O–H groups in total. The van der Waals surface area contributed by atoms with E-state index in [1.54, 1.807) is 30.3 Å². The zero-order valence-corrected chi connectivity index (χ0v) is 20.6. The van der Waals surface area contributed by atoms with Crippen molar-refractivity contribution < 1.29 is 41.0 Å². The van der Waals surface area contributed by atoms with Crippen LogP contribution in [-0.4, -0.2) is 18.7 Å². The topological polar surface area (TPSA) is 64.6 Å². The molecule has 1 atom stereocenters. The normalized spacial score (nSPS) is 12.8. The number of amides is 1. The van der Waals surface area contributed by atoms with Gasteiger partial charge in [-0.2, -0.15) is 8.78 Å². The highest BCUT2D eigenvalue weighted by Gasteiger charge is 2.31. The van der Waals surface area contributed by atoms with Crippen LogP contribution in [0, 0.1) is 29.1 Å². The maximum atomic E-state index is 14.0. The molecule has 0 saturated heterocycles. The second-order valence-corrected chi connectivity index (χ2v) is 9.01.